The van der Waals surface area contributed by atoms with Crippen molar-refractivity contribution < 1.29 is 4.74 Å². The highest BCUT2D eigenvalue weighted by Gasteiger charge is 2.19. The Hall–Kier alpha value is -5.16. The molecular formula is C44H46N4O. The minimum atomic E-state index is 0.0104. The number of hydrogen-bond donors (Lipinski definition) is 0. The molecule has 7 aromatic rings. The molecule has 5 nitrogen and oxygen atoms in total. The van der Waals surface area contributed by atoms with Gasteiger partial charge in [0, 0.05) is 40.9 Å². The maximum Gasteiger partial charge on any atom is 0.137 e. The Morgan fingerprint density at radius 3 is 2.24 bits per heavy atom. The Morgan fingerprint density at radius 2 is 1.51 bits per heavy atom. The van der Waals surface area contributed by atoms with Crippen LogP contribution in [0, 0.1) is 5.92 Å². The second kappa shape index (κ2) is 13.0. The molecule has 0 aliphatic carbocycles. The van der Waals surface area contributed by atoms with Crippen LogP contribution in [0.3, 0.4) is 0 Å². The number of rotatable bonds is 9. The van der Waals surface area contributed by atoms with Crippen molar-refractivity contribution in [3.8, 4) is 34.1 Å². The highest BCUT2D eigenvalue weighted by molar-refractivity contribution is 6.09. The van der Waals surface area contributed by atoms with Crippen molar-refractivity contribution in [3.63, 3.8) is 0 Å². The highest BCUT2D eigenvalue weighted by Crippen LogP contribution is 2.37. The average molecular weight is 647 g/mol. The molecule has 0 N–H and O–H groups in total. The molecule has 5 heteroatoms. The van der Waals surface area contributed by atoms with E-state index >= 15 is 0 Å². The van der Waals surface area contributed by atoms with Crippen LogP contribution in [0.15, 0.2) is 110 Å². The standard InChI is InChI=1S/C44H46N4O/c1-8-31-13-12-14-32(9-2)43(31)33-27-46-47(28-33)35-22-30(21-29(3)4)23-37(25-35)49-36-17-18-39-38-15-10-11-16-40(38)48(41(39)26-36)42-24-34(19-20-45-42)44(5,6)7/h10-20,22-29H,8-9,21H2,1-7H3. The van der Waals surface area contributed by atoms with Gasteiger partial charge in [0.15, 0.2) is 0 Å². The van der Waals surface area contributed by atoms with Crippen LogP contribution in [0.1, 0.15) is 70.7 Å². The molecule has 3 aromatic heterocycles. The molecule has 0 aliphatic heterocycles. The van der Waals surface area contributed by atoms with Crippen molar-refractivity contribution >= 4 is 21.8 Å². The van der Waals surface area contributed by atoms with Gasteiger partial charge in [0.1, 0.15) is 17.3 Å². The van der Waals surface area contributed by atoms with Crippen LogP contribution in [0.2, 0.25) is 0 Å². The zero-order valence-corrected chi connectivity index (χ0v) is 29.8. The number of aryl methyl sites for hydroxylation is 2. The number of aromatic nitrogens is 4. The first-order valence-electron chi connectivity index (χ1n) is 17.6. The normalized spacial score (nSPS) is 12.0. The van der Waals surface area contributed by atoms with E-state index in [1.54, 1.807) is 0 Å². The van der Waals surface area contributed by atoms with Crippen LogP contribution in [0.5, 0.6) is 11.5 Å². The summed E-state index contributed by atoms with van der Waals surface area (Å²) in [4.78, 5) is 4.85. The van der Waals surface area contributed by atoms with Crippen molar-refractivity contribution in [2.75, 3.05) is 0 Å². The van der Waals surface area contributed by atoms with E-state index in [1.165, 1.54) is 38.6 Å². The summed E-state index contributed by atoms with van der Waals surface area (Å²) in [6.45, 7) is 15.7. The van der Waals surface area contributed by atoms with Crippen LogP contribution < -0.4 is 4.74 Å². The molecule has 0 spiro atoms. The molecule has 0 saturated carbocycles. The lowest BCUT2D eigenvalue weighted by molar-refractivity contribution is 0.481. The molecule has 49 heavy (non-hydrogen) atoms. The number of fused-ring (bicyclic) bond motifs is 3. The summed E-state index contributed by atoms with van der Waals surface area (Å²) in [6.07, 6.45) is 8.99. The van der Waals surface area contributed by atoms with E-state index in [9.17, 15) is 0 Å². The molecule has 0 bridgehead atoms. The van der Waals surface area contributed by atoms with E-state index in [-0.39, 0.29) is 5.41 Å². The molecule has 0 radical (unpaired) electrons. The van der Waals surface area contributed by atoms with Gasteiger partial charge in [0.25, 0.3) is 0 Å². The molecule has 4 aromatic carbocycles. The van der Waals surface area contributed by atoms with Gasteiger partial charge in [-0.05, 0) is 101 Å². The van der Waals surface area contributed by atoms with Gasteiger partial charge < -0.3 is 4.74 Å². The first kappa shape index (κ1) is 32.4. The fraction of sp³-hybridized carbons (Fsp3) is 0.273. The van der Waals surface area contributed by atoms with E-state index in [0.717, 1.165) is 58.9 Å². The summed E-state index contributed by atoms with van der Waals surface area (Å²) in [6, 6.07) is 32.4. The third kappa shape index (κ3) is 6.38. The van der Waals surface area contributed by atoms with Gasteiger partial charge in [-0.2, -0.15) is 5.10 Å². The molecule has 0 saturated heterocycles. The Balaban J connectivity index is 1.31. The molecular weight excluding hydrogens is 601 g/mol. The Labute approximate surface area is 290 Å². The maximum atomic E-state index is 6.73. The molecule has 0 amide bonds. The van der Waals surface area contributed by atoms with Crippen molar-refractivity contribution in [1.82, 2.24) is 19.3 Å². The van der Waals surface area contributed by atoms with E-state index in [0.29, 0.717) is 5.92 Å². The molecule has 0 atom stereocenters. The summed E-state index contributed by atoms with van der Waals surface area (Å²) < 4.78 is 11.0. The largest absolute Gasteiger partial charge is 0.457 e. The second-order valence-corrected chi connectivity index (χ2v) is 14.6. The second-order valence-electron chi connectivity index (χ2n) is 14.6. The van der Waals surface area contributed by atoms with Gasteiger partial charge >= 0.3 is 0 Å². The minimum absolute atomic E-state index is 0.0104. The van der Waals surface area contributed by atoms with Crippen LogP contribution in [-0.2, 0) is 24.7 Å². The van der Waals surface area contributed by atoms with E-state index in [2.05, 4.69) is 150 Å². The van der Waals surface area contributed by atoms with Crippen molar-refractivity contribution in [1.29, 1.82) is 0 Å². The first-order valence-corrected chi connectivity index (χ1v) is 17.6. The van der Waals surface area contributed by atoms with Crippen LogP contribution in [0.4, 0.5) is 0 Å². The highest BCUT2D eigenvalue weighted by atomic mass is 16.5. The lowest BCUT2D eigenvalue weighted by Gasteiger charge is -2.20. The third-order valence-electron chi connectivity index (χ3n) is 9.45. The number of pyridine rings is 1. The zero-order valence-electron chi connectivity index (χ0n) is 29.8. The summed E-state index contributed by atoms with van der Waals surface area (Å²) in [5, 5.41) is 7.23. The monoisotopic (exact) mass is 646 g/mol. The van der Waals surface area contributed by atoms with Crippen LogP contribution >= 0.6 is 0 Å². The van der Waals surface area contributed by atoms with Gasteiger partial charge in [-0.25, -0.2) is 9.67 Å². The molecule has 0 aliphatic rings. The molecule has 0 fully saturated rings. The average Bonchev–Trinajstić information content (AvgIpc) is 3.70. The Bertz CT molecular complexity index is 2260. The molecule has 3 heterocycles. The topological polar surface area (TPSA) is 44.9 Å². The number of hydrogen-bond acceptors (Lipinski definition) is 3. The number of nitrogens with zero attached hydrogens (tertiary/aromatic N) is 4. The van der Waals surface area contributed by atoms with Gasteiger partial charge in [-0.15, -0.1) is 0 Å². The quantitative estimate of drug-likeness (QED) is 0.157. The van der Waals surface area contributed by atoms with Crippen LogP contribution in [-0.4, -0.2) is 19.3 Å². The fourth-order valence-electron chi connectivity index (χ4n) is 7.03. The van der Waals surface area contributed by atoms with Crippen molar-refractivity contribution in [3.05, 3.63) is 132 Å². The SMILES string of the molecule is CCc1cccc(CC)c1-c1cnn(-c2cc(CC(C)C)cc(Oc3ccc4c5ccccc5n(-c5cc(C(C)(C)C)ccn5)c4c3)c2)c1. The molecule has 248 valence electrons. The maximum absolute atomic E-state index is 6.73. The fourth-order valence-corrected chi connectivity index (χ4v) is 7.03. The smallest absolute Gasteiger partial charge is 0.137 e. The van der Waals surface area contributed by atoms with Crippen molar-refractivity contribution in [2.45, 2.75) is 73.1 Å². The zero-order chi connectivity index (χ0) is 34.3. The Morgan fingerprint density at radius 1 is 0.755 bits per heavy atom. The molecule has 7 rings (SSSR count). The van der Waals surface area contributed by atoms with E-state index in [1.807, 2.05) is 17.1 Å². The molecule has 0 unspecified atom stereocenters. The van der Waals surface area contributed by atoms with E-state index < -0.39 is 0 Å². The van der Waals surface area contributed by atoms with Gasteiger partial charge in [-0.1, -0.05) is 84.9 Å². The summed E-state index contributed by atoms with van der Waals surface area (Å²) in [5.74, 6) is 2.98. The lowest BCUT2D eigenvalue weighted by Crippen LogP contribution is -2.12. The number of benzene rings is 4. The number of para-hydroxylation sites is 1. The van der Waals surface area contributed by atoms with Gasteiger partial charge in [0.2, 0.25) is 0 Å². The van der Waals surface area contributed by atoms with E-state index in [4.69, 9.17) is 14.8 Å². The van der Waals surface area contributed by atoms with Gasteiger partial charge in [0.05, 0.1) is 22.9 Å². The van der Waals surface area contributed by atoms with Gasteiger partial charge in [-0.3, -0.25) is 4.57 Å². The van der Waals surface area contributed by atoms with Crippen LogP contribution in [0.25, 0.3) is 44.4 Å². The van der Waals surface area contributed by atoms with Crippen molar-refractivity contribution in [2.24, 2.45) is 5.92 Å². The minimum Gasteiger partial charge on any atom is -0.457 e. The summed E-state index contributed by atoms with van der Waals surface area (Å²) in [7, 11) is 0. The number of ether oxygens (including phenoxy) is 1. The third-order valence-corrected chi connectivity index (χ3v) is 9.45. The predicted octanol–water partition coefficient (Wildman–Crippen LogP) is 11.4. The summed E-state index contributed by atoms with van der Waals surface area (Å²) in [5.41, 5.74) is 10.8. The lowest BCUT2D eigenvalue weighted by atomic mass is 9.88. The summed E-state index contributed by atoms with van der Waals surface area (Å²) >= 11 is 0. The Kier molecular flexibility index (Phi) is 8.62. The predicted molar refractivity (Wildman–Crippen MR) is 204 cm³/mol. The first-order chi connectivity index (χ1) is 23.6.